The Balaban J connectivity index is 0.696. The van der Waals surface area contributed by atoms with Gasteiger partial charge in [0.1, 0.15) is 32.0 Å². The lowest BCUT2D eigenvalue weighted by molar-refractivity contribution is -0.157. The number of amides is 1. The predicted molar refractivity (Wildman–Crippen MR) is 225 cm³/mol. The first kappa shape index (κ1) is 44.2. The molecule has 1 N–H and O–H groups in total. The van der Waals surface area contributed by atoms with E-state index in [4.69, 9.17) is 37.9 Å². The predicted octanol–water partition coefficient (Wildman–Crippen LogP) is 7.82. The van der Waals surface area contributed by atoms with E-state index in [1.54, 1.807) is 0 Å². The van der Waals surface area contributed by atoms with E-state index in [1.807, 2.05) is 6.92 Å². The molecule has 0 aromatic heterocycles. The van der Waals surface area contributed by atoms with Crippen molar-refractivity contribution in [3.05, 3.63) is 0 Å². The van der Waals surface area contributed by atoms with Gasteiger partial charge in [-0.15, -0.1) is 0 Å². The van der Waals surface area contributed by atoms with Crippen LogP contribution in [0.4, 0.5) is 4.79 Å². The lowest BCUT2D eigenvalue weighted by Gasteiger charge is -2.56. The molecule has 0 aromatic rings. The van der Waals surface area contributed by atoms with Gasteiger partial charge in [-0.1, -0.05) is 0 Å². The summed E-state index contributed by atoms with van der Waals surface area (Å²) < 4.78 is 47.1. The number of nitrogens with one attached hydrogen (secondary N) is 1. The van der Waals surface area contributed by atoms with Crippen LogP contribution < -0.4 is 5.32 Å². The van der Waals surface area contributed by atoms with Gasteiger partial charge in [0.05, 0.1) is 59.1 Å². The molecule has 12 aliphatic carbocycles. The minimum atomic E-state index is -0.436. The normalized spacial score (nSPS) is 39.3. The average molecular weight is 856 g/mol. The number of carbonyl (C=O) groups excluding carboxylic acids is 3. The number of hydrogen-bond donors (Lipinski definition) is 1. The first-order valence-electron chi connectivity index (χ1n) is 24.8. The molecule has 0 radical (unpaired) electrons. The Hall–Kier alpha value is -1.99. The zero-order valence-electron chi connectivity index (χ0n) is 37.3. The summed E-state index contributed by atoms with van der Waals surface area (Å²) in [6, 6.07) is 0. The van der Waals surface area contributed by atoms with Gasteiger partial charge in [-0.25, -0.2) is 4.79 Å². The first-order chi connectivity index (χ1) is 29.6. The molecule has 344 valence electrons. The van der Waals surface area contributed by atoms with E-state index < -0.39 is 6.10 Å². The molecule has 0 aliphatic heterocycles. The third kappa shape index (κ3) is 11.5. The average Bonchev–Trinajstić information content (AvgIpc) is 3.17. The highest BCUT2D eigenvalue weighted by Gasteiger charge is 2.54. The van der Waals surface area contributed by atoms with Crippen molar-refractivity contribution in [3.63, 3.8) is 0 Å². The molecule has 0 spiro atoms. The summed E-state index contributed by atoms with van der Waals surface area (Å²) in [6.45, 7) is 4.78. The summed E-state index contributed by atoms with van der Waals surface area (Å²) >= 11 is 0. The van der Waals surface area contributed by atoms with E-state index in [-0.39, 0.29) is 100.0 Å². The van der Waals surface area contributed by atoms with Gasteiger partial charge < -0.3 is 43.2 Å². The highest BCUT2D eigenvalue weighted by atomic mass is 16.6. The Bertz CT molecular complexity index is 1390. The van der Waals surface area contributed by atoms with Crippen LogP contribution in [0.15, 0.2) is 0 Å². The maximum absolute atomic E-state index is 13.1. The summed E-state index contributed by atoms with van der Waals surface area (Å²) in [6.07, 6.45) is 22.3. The summed E-state index contributed by atoms with van der Waals surface area (Å²) in [5, 5.41) is 3.26. The molecule has 12 heteroatoms. The van der Waals surface area contributed by atoms with Crippen LogP contribution in [0.5, 0.6) is 0 Å². The lowest BCUT2D eigenvalue weighted by atomic mass is 9.49. The van der Waals surface area contributed by atoms with Crippen LogP contribution >= 0.6 is 0 Å². The van der Waals surface area contributed by atoms with E-state index >= 15 is 0 Å². The molecule has 12 saturated carbocycles. The smallest absolute Gasteiger partial charge is 0.407 e. The van der Waals surface area contributed by atoms with Gasteiger partial charge in [0.15, 0.2) is 0 Å². The van der Waals surface area contributed by atoms with Crippen LogP contribution in [-0.4, -0.2) is 108 Å². The van der Waals surface area contributed by atoms with Crippen LogP contribution in [0.25, 0.3) is 0 Å². The van der Waals surface area contributed by atoms with Crippen molar-refractivity contribution in [1.82, 2.24) is 5.32 Å². The third-order valence-corrected chi connectivity index (χ3v) is 17.1. The van der Waals surface area contributed by atoms with Gasteiger partial charge in [-0.3, -0.25) is 9.59 Å². The lowest BCUT2D eigenvalue weighted by Crippen LogP contribution is -2.60. The minimum absolute atomic E-state index is 0.0890. The van der Waals surface area contributed by atoms with Crippen molar-refractivity contribution in [2.24, 2.45) is 64.1 Å². The van der Waals surface area contributed by atoms with Gasteiger partial charge >= 0.3 is 18.0 Å². The van der Waals surface area contributed by atoms with Crippen molar-refractivity contribution in [2.45, 2.75) is 153 Å². The molecule has 12 bridgehead atoms. The van der Waals surface area contributed by atoms with Crippen LogP contribution in [-0.2, 0) is 47.5 Å². The topological polar surface area (TPSA) is 137 Å². The molecule has 0 aromatic carbocycles. The number of hydrogen-bond acceptors (Lipinski definition) is 11. The molecule has 12 aliphatic rings. The summed E-state index contributed by atoms with van der Waals surface area (Å²) in [7, 11) is 0. The van der Waals surface area contributed by atoms with E-state index in [2.05, 4.69) is 5.32 Å². The fourth-order valence-corrected chi connectivity index (χ4v) is 16.3. The van der Waals surface area contributed by atoms with Gasteiger partial charge in [-0.2, -0.15) is 0 Å². The molecule has 2 unspecified atom stereocenters. The Morgan fingerprint density at radius 1 is 0.459 bits per heavy atom. The molecule has 0 heterocycles. The largest absolute Gasteiger partial charge is 0.463 e. The number of carbonyl (C=O) groups is 3. The molecule has 12 nitrogen and oxygen atoms in total. The van der Waals surface area contributed by atoms with E-state index in [9.17, 15) is 14.4 Å². The highest BCUT2D eigenvalue weighted by Crippen LogP contribution is 2.62. The van der Waals surface area contributed by atoms with Crippen molar-refractivity contribution in [2.75, 3.05) is 72.7 Å². The van der Waals surface area contributed by atoms with Gasteiger partial charge in [0, 0.05) is 12.1 Å². The second-order valence-electron chi connectivity index (χ2n) is 22.3. The van der Waals surface area contributed by atoms with Crippen molar-refractivity contribution < 1.29 is 52.3 Å². The minimum Gasteiger partial charge on any atom is -0.463 e. The molecular weight excluding hydrogens is 779 g/mol. The molecule has 0 saturated heterocycles. The van der Waals surface area contributed by atoms with Crippen molar-refractivity contribution >= 4 is 18.0 Å². The second-order valence-corrected chi connectivity index (χ2v) is 22.3. The molecule has 12 fully saturated rings. The molecule has 2 atom stereocenters. The molecule has 12 rings (SSSR count). The Morgan fingerprint density at radius 2 is 0.820 bits per heavy atom. The maximum atomic E-state index is 13.1. The zero-order valence-corrected chi connectivity index (χ0v) is 37.3. The number of esters is 2. The van der Waals surface area contributed by atoms with Gasteiger partial charge in [0.25, 0.3) is 0 Å². The molecular formula is C49H77NO11. The Morgan fingerprint density at radius 3 is 1.25 bits per heavy atom. The van der Waals surface area contributed by atoms with Gasteiger partial charge in [0.2, 0.25) is 0 Å². The fourth-order valence-electron chi connectivity index (χ4n) is 16.3. The number of ether oxygens (including phenoxy) is 8. The van der Waals surface area contributed by atoms with Crippen LogP contribution in [0.2, 0.25) is 0 Å². The number of rotatable bonds is 25. The van der Waals surface area contributed by atoms with E-state index in [0.717, 1.165) is 72.5 Å². The fraction of sp³-hybridized carbons (Fsp3) is 0.939. The third-order valence-electron chi connectivity index (χ3n) is 17.1. The first-order valence-corrected chi connectivity index (χ1v) is 24.8. The van der Waals surface area contributed by atoms with Crippen molar-refractivity contribution in [3.8, 4) is 0 Å². The highest BCUT2D eigenvalue weighted by molar-refractivity contribution is 5.71. The van der Waals surface area contributed by atoms with E-state index in [1.165, 1.54) is 96.3 Å². The Kier molecular flexibility index (Phi) is 14.2. The van der Waals surface area contributed by atoms with Gasteiger partial charge in [-0.05, 0) is 187 Å². The van der Waals surface area contributed by atoms with Crippen molar-refractivity contribution in [1.29, 1.82) is 0 Å². The second kappa shape index (κ2) is 19.6. The Labute approximate surface area is 364 Å². The van der Waals surface area contributed by atoms with Crippen LogP contribution in [0.1, 0.15) is 135 Å². The monoisotopic (exact) mass is 856 g/mol. The van der Waals surface area contributed by atoms with Crippen LogP contribution in [0, 0.1) is 64.1 Å². The SMILES string of the molecule is CCOCC(COCC(COCCOC(=O)CC12CC3CC(CC(C3)C1)C2)OCCOC(=O)CC12CC3CC(CC(C3)C1)C2)OCCOC(=O)NC12CC3CC(CC(C3)C1)C2. The summed E-state index contributed by atoms with van der Waals surface area (Å²) in [5.41, 5.74) is 0.206. The van der Waals surface area contributed by atoms with E-state index in [0.29, 0.717) is 26.1 Å². The maximum Gasteiger partial charge on any atom is 0.407 e. The van der Waals surface area contributed by atoms with Crippen LogP contribution in [0.3, 0.4) is 0 Å². The molecule has 61 heavy (non-hydrogen) atoms. The zero-order chi connectivity index (χ0) is 41.9. The summed E-state index contributed by atoms with van der Waals surface area (Å²) in [5.74, 6) is 6.80. The summed E-state index contributed by atoms with van der Waals surface area (Å²) in [4.78, 5) is 38.9. The molecule has 1 amide bonds. The quantitative estimate of drug-likeness (QED) is 0.0547. The number of alkyl carbamates (subject to hydrolysis) is 1. The standard InChI is InChI=1S/C49H77NO11/c1-2-54-29-42(58-6-8-61-46(53)50-49-24-39-15-40(25-49)17-41(16-39)26-49)31-56-32-43(57-5-7-60-45(52)28-48-21-36-12-37(22-48)14-38(13-36)23-48)30-55-3-4-59-44(51)27-47-18-33-9-34(19-47)11-35(10-33)20-47/h33-43H,2-32H2,1H3,(H,50,53).